The summed E-state index contributed by atoms with van der Waals surface area (Å²) in [5.74, 6) is -0.361. The number of aromatic nitrogens is 3. The molecule has 2 aromatic heterocycles. The van der Waals surface area contributed by atoms with Crippen LogP contribution in [0.15, 0.2) is 42.7 Å². The average Bonchev–Trinajstić information content (AvgIpc) is 3.18. The topological polar surface area (TPSA) is 109 Å². The number of anilines is 2. The number of likely N-dealkylation sites (N-methyl/N-ethyl adjacent to an activating group) is 1. The van der Waals surface area contributed by atoms with Crippen molar-refractivity contribution in [2.24, 2.45) is 5.73 Å². The van der Waals surface area contributed by atoms with Crippen LogP contribution in [0.25, 0.3) is 5.69 Å². The van der Waals surface area contributed by atoms with Crippen molar-refractivity contribution in [2.45, 2.75) is 0 Å². The Bertz CT molecular complexity index is 1140. The zero-order valence-electron chi connectivity index (χ0n) is 17.3. The summed E-state index contributed by atoms with van der Waals surface area (Å²) in [4.78, 5) is 32.9. The molecule has 2 amide bonds. The molecule has 0 spiro atoms. The Morgan fingerprint density at radius 1 is 1.06 bits per heavy atom. The van der Waals surface area contributed by atoms with Gasteiger partial charge in [-0.05, 0) is 31.3 Å². The summed E-state index contributed by atoms with van der Waals surface area (Å²) < 4.78 is 1.39. The molecule has 32 heavy (non-hydrogen) atoms. The predicted molar refractivity (Wildman–Crippen MR) is 123 cm³/mol. The molecule has 0 saturated carbocycles. The van der Waals surface area contributed by atoms with E-state index < -0.39 is 5.91 Å². The number of halogens is 2. The molecule has 0 unspecified atom stereocenters. The Morgan fingerprint density at radius 2 is 1.75 bits per heavy atom. The van der Waals surface area contributed by atoms with Gasteiger partial charge in [0.05, 0.1) is 27.5 Å². The molecule has 11 heteroatoms. The van der Waals surface area contributed by atoms with Gasteiger partial charge in [-0.1, -0.05) is 29.3 Å². The highest BCUT2D eigenvalue weighted by molar-refractivity contribution is 6.37. The lowest BCUT2D eigenvalue weighted by atomic mass is 10.2. The smallest absolute Gasteiger partial charge is 0.271 e. The number of piperazine rings is 1. The zero-order valence-corrected chi connectivity index (χ0v) is 18.8. The molecule has 3 N–H and O–H groups in total. The first kappa shape index (κ1) is 22.1. The van der Waals surface area contributed by atoms with Crippen LogP contribution < -0.4 is 11.1 Å². The zero-order chi connectivity index (χ0) is 22.8. The molecule has 1 aliphatic rings. The van der Waals surface area contributed by atoms with E-state index in [0.717, 1.165) is 13.1 Å². The van der Waals surface area contributed by atoms with Crippen molar-refractivity contribution in [3.8, 4) is 5.69 Å². The van der Waals surface area contributed by atoms with E-state index in [4.69, 9.17) is 28.9 Å². The van der Waals surface area contributed by atoms with Crippen LogP contribution in [0.1, 0.15) is 20.8 Å². The Labute approximate surface area is 194 Å². The lowest BCUT2D eigenvalue weighted by Gasteiger charge is -2.32. The Kier molecular flexibility index (Phi) is 6.31. The Hall–Kier alpha value is -3.14. The van der Waals surface area contributed by atoms with Gasteiger partial charge in [0.25, 0.3) is 11.8 Å². The lowest BCUT2D eigenvalue weighted by molar-refractivity contribution is 0.0663. The molecule has 1 fully saturated rings. The highest BCUT2D eigenvalue weighted by Gasteiger charge is 2.21. The molecule has 3 heterocycles. The summed E-state index contributed by atoms with van der Waals surface area (Å²) in [6, 6.07) is 8.39. The van der Waals surface area contributed by atoms with Crippen LogP contribution in [0.2, 0.25) is 10.0 Å². The van der Waals surface area contributed by atoms with Crippen LogP contribution in [-0.4, -0.2) is 69.6 Å². The van der Waals surface area contributed by atoms with Crippen molar-refractivity contribution < 1.29 is 9.59 Å². The number of para-hydroxylation sites is 1. The van der Waals surface area contributed by atoms with Gasteiger partial charge in [0.15, 0.2) is 5.69 Å². The molecule has 166 valence electrons. The van der Waals surface area contributed by atoms with Crippen molar-refractivity contribution in [2.75, 3.05) is 38.5 Å². The van der Waals surface area contributed by atoms with Crippen molar-refractivity contribution in [1.82, 2.24) is 24.6 Å². The molecule has 0 bridgehead atoms. The summed E-state index contributed by atoms with van der Waals surface area (Å²) in [6.45, 7) is 3.05. The van der Waals surface area contributed by atoms with Crippen molar-refractivity contribution in [3.05, 3.63) is 64.0 Å². The molecular formula is C21H21Cl2N7O2. The Balaban J connectivity index is 1.56. The number of carbonyl (C=O) groups excluding carboxylic acids is 2. The fourth-order valence-electron chi connectivity index (χ4n) is 3.39. The normalized spacial score (nSPS) is 14.4. The molecular weight excluding hydrogens is 453 g/mol. The van der Waals surface area contributed by atoms with Gasteiger partial charge in [0, 0.05) is 32.4 Å². The van der Waals surface area contributed by atoms with Crippen LogP contribution in [-0.2, 0) is 0 Å². The van der Waals surface area contributed by atoms with Crippen molar-refractivity contribution >= 4 is 46.5 Å². The number of primary amides is 1. The predicted octanol–water partition coefficient (Wildman–Crippen LogP) is 2.80. The molecule has 1 aromatic carbocycles. The number of nitrogens with two attached hydrogens (primary N) is 1. The number of amides is 2. The third kappa shape index (κ3) is 4.55. The molecule has 0 atom stereocenters. The van der Waals surface area contributed by atoms with E-state index in [2.05, 4.69) is 20.3 Å². The molecule has 0 aliphatic carbocycles. The monoisotopic (exact) mass is 473 g/mol. The van der Waals surface area contributed by atoms with Crippen LogP contribution in [0, 0.1) is 0 Å². The van der Waals surface area contributed by atoms with E-state index in [1.165, 1.54) is 10.9 Å². The second kappa shape index (κ2) is 9.15. The number of rotatable bonds is 5. The SMILES string of the molecule is CN1CCN(C(=O)c2ccc(Nc3cn(-c4c(Cl)cccc4Cl)nc3C(N)=O)nc2)CC1. The van der Waals surface area contributed by atoms with E-state index in [1.54, 1.807) is 36.5 Å². The quantitative estimate of drug-likeness (QED) is 0.589. The second-order valence-corrected chi connectivity index (χ2v) is 8.24. The number of benzene rings is 1. The summed E-state index contributed by atoms with van der Waals surface area (Å²) in [7, 11) is 2.03. The molecule has 3 aromatic rings. The van der Waals surface area contributed by atoms with Gasteiger partial charge in [-0.15, -0.1) is 0 Å². The molecule has 1 saturated heterocycles. The number of hydrogen-bond donors (Lipinski definition) is 2. The highest BCUT2D eigenvalue weighted by Crippen LogP contribution is 2.30. The maximum absolute atomic E-state index is 12.7. The van der Waals surface area contributed by atoms with E-state index in [1.807, 2.05) is 11.9 Å². The highest BCUT2D eigenvalue weighted by atomic mass is 35.5. The summed E-state index contributed by atoms with van der Waals surface area (Å²) in [6.07, 6.45) is 3.06. The largest absolute Gasteiger partial charge is 0.364 e. The molecule has 9 nitrogen and oxygen atoms in total. The lowest BCUT2D eigenvalue weighted by Crippen LogP contribution is -2.47. The van der Waals surface area contributed by atoms with Crippen LogP contribution >= 0.6 is 23.2 Å². The number of carbonyl (C=O) groups is 2. The van der Waals surface area contributed by atoms with Crippen LogP contribution in [0.3, 0.4) is 0 Å². The average molecular weight is 474 g/mol. The third-order valence-corrected chi connectivity index (χ3v) is 5.79. The van der Waals surface area contributed by atoms with Gasteiger partial charge in [-0.3, -0.25) is 9.59 Å². The van der Waals surface area contributed by atoms with Crippen LogP contribution in [0.4, 0.5) is 11.5 Å². The number of nitrogens with zero attached hydrogens (tertiary/aromatic N) is 5. The maximum Gasteiger partial charge on any atom is 0.271 e. The number of nitrogens with one attached hydrogen (secondary N) is 1. The van der Waals surface area contributed by atoms with Gasteiger partial charge >= 0.3 is 0 Å². The van der Waals surface area contributed by atoms with E-state index in [0.29, 0.717) is 45.9 Å². The first-order chi connectivity index (χ1) is 15.3. The minimum Gasteiger partial charge on any atom is -0.364 e. The fourth-order valence-corrected chi connectivity index (χ4v) is 3.96. The van der Waals surface area contributed by atoms with Gasteiger partial charge in [0.2, 0.25) is 0 Å². The van der Waals surface area contributed by atoms with E-state index in [-0.39, 0.29) is 11.6 Å². The molecule has 1 aliphatic heterocycles. The van der Waals surface area contributed by atoms with Crippen LogP contribution in [0.5, 0.6) is 0 Å². The second-order valence-electron chi connectivity index (χ2n) is 7.42. The first-order valence-corrected chi connectivity index (χ1v) is 10.6. The number of pyridine rings is 1. The minimum atomic E-state index is -0.726. The standard InChI is InChI=1S/C21H21Cl2N7O2/c1-28-7-9-29(10-8-28)21(32)13-5-6-17(25-11-13)26-16-12-30(27-18(16)20(24)31)19-14(22)3-2-4-15(19)23/h2-6,11-12H,7-10H2,1H3,(H2,24,31)(H,25,26). The molecule has 4 rings (SSSR count). The molecule has 0 radical (unpaired) electrons. The van der Waals surface area contributed by atoms with Gasteiger partial charge < -0.3 is 20.9 Å². The van der Waals surface area contributed by atoms with Crippen molar-refractivity contribution in [3.63, 3.8) is 0 Å². The number of hydrogen-bond acceptors (Lipinski definition) is 6. The first-order valence-electron chi connectivity index (χ1n) is 9.88. The summed E-state index contributed by atoms with van der Waals surface area (Å²) in [5, 5.41) is 7.99. The van der Waals surface area contributed by atoms with Gasteiger partial charge in [-0.2, -0.15) is 5.10 Å². The maximum atomic E-state index is 12.7. The van der Waals surface area contributed by atoms with Crippen molar-refractivity contribution in [1.29, 1.82) is 0 Å². The third-order valence-electron chi connectivity index (χ3n) is 5.18. The Morgan fingerprint density at radius 3 is 2.34 bits per heavy atom. The minimum absolute atomic E-state index is 0.000348. The fraction of sp³-hybridized carbons (Fsp3) is 0.238. The van der Waals surface area contributed by atoms with Gasteiger partial charge in [-0.25, -0.2) is 9.67 Å². The van der Waals surface area contributed by atoms with Gasteiger partial charge in [0.1, 0.15) is 11.5 Å². The summed E-state index contributed by atoms with van der Waals surface area (Å²) in [5.41, 5.74) is 6.75. The van der Waals surface area contributed by atoms with E-state index >= 15 is 0 Å². The summed E-state index contributed by atoms with van der Waals surface area (Å²) >= 11 is 12.5. The van der Waals surface area contributed by atoms with E-state index in [9.17, 15) is 9.59 Å².